The van der Waals surface area contributed by atoms with Crippen LogP contribution in [0, 0.1) is 5.41 Å². The Labute approximate surface area is 98.5 Å². The average molecular weight is 230 g/mol. The van der Waals surface area contributed by atoms with E-state index in [0.717, 1.165) is 51.4 Å². The van der Waals surface area contributed by atoms with Crippen molar-refractivity contribution >= 4 is 0 Å². The highest BCUT2D eigenvalue weighted by atomic mass is 16.3. The van der Waals surface area contributed by atoms with Crippen LogP contribution >= 0.6 is 0 Å². The Morgan fingerprint density at radius 2 is 1.62 bits per heavy atom. The third-order valence-electron chi connectivity index (χ3n) is 4.01. The molecule has 3 nitrogen and oxygen atoms in total. The lowest BCUT2D eigenvalue weighted by atomic mass is 9.69. The van der Waals surface area contributed by atoms with Crippen LogP contribution in [0.1, 0.15) is 57.8 Å². The van der Waals surface area contributed by atoms with Crippen molar-refractivity contribution < 1.29 is 15.3 Å². The monoisotopic (exact) mass is 230 g/mol. The van der Waals surface area contributed by atoms with Gasteiger partial charge in [0.25, 0.3) is 0 Å². The van der Waals surface area contributed by atoms with Crippen molar-refractivity contribution in [2.45, 2.75) is 63.9 Å². The highest BCUT2D eigenvalue weighted by Crippen LogP contribution is 2.40. The van der Waals surface area contributed by atoms with E-state index in [0.29, 0.717) is 0 Å². The standard InChI is InChI=1S/C13H26O3/c14-10-6-1-3-7-12(16)13(11-15)8-4-2-5-9-13/h12,14-16H,1-11H2. The maximum atomic E-state index is 10.2. The molecule has 0 radical (unpaired) electrons. The molecule has 0 aromatic carbocycles. The van der Waals surface area contributed by atoms with E-state index in [1.807, 2.05) is 0 Å². The summed E-state index contributed by atoms with van der Waals surface area (Å²) >= 11 is 0. The molecule has 1 aliphatic rings. The normalized spacial score (nSPS) is 21.9. The van der Waals surface area contributed by atoms with Crippen LogP contribution in [0.2, 0.25) is 0 Å². The van der Waals surface area contributed by atoms with Crippen molar-refractivity contribution in [2.24, 2.45) is 5.41 Å². The zero-order chi connectivity index (χ0) is 11.9. The zero-order valence-electron chi connectivity index (χ0n) is 10.2. The molecule has 16 heavy (non-hydrogen) atoms. The van der Waals surface area contributed by atoms with Gasteiger partial charge in [-0.15, -0.1) is 0 Å². The Bertz CT molecular complexity index is 176. The molecule has 1 fully saturated rings. The van der Waals surface area contributed by atoms with Crippen molar-refractivity contribution in [1.82, 2.24) is 0 Å². The number of aliphatic hydroxyl groups excluding tert-OH is 3. The first-order valence-electron chi connectivity index (χ1n) is 6.65. The molecule has 1 rings (SSSR count). The van der Waals surface area contributed by atoms with E-state index in [9.17, 15) is 10.2 Å². The second-order valence-electron chi connectivity index (χ2n) is 5.17. The summed E-state index contributed by atoms with van der Waals surface area (Å²) in [5, 5.41) is 28.4. The van der Waals surface area contributed by atoms with E-state index >= 15 is 0 Å². The molecule has 1 atom stereocenters. The molecule has 0 aromatic heterocycles. The molecule has 0 bridgehead atoms. The Hall–Kier alpha value is -0.120. The van der Waals surface area contributed by atoms with Crippen LogP contribution in [-0.2, 0) is 0 Å². The molecule has 3 heteroatoms. The van der Waals surface area contributed by atoms with Crippen molar-refractivity contribution in [2.75, 3.05) is 13.2 Å². The molecule has 0 aliphatic heterocycles. The molecule has 0 heterocycles. The van der Waals surface area contributed by atoms with Gasteiger partial charge in [0, 0.05) is 12.0 Å². The molecule has 0 amide bonds. The van der Waals surface area contributed by atoms with Gasteiger partial charge in [-0.1, -0.05) is 32.1 Å². The van der Waals surface area contributed by atoms with E-state index in [4.69, 9.17) is 5.11 Å². The topological polar surface area (TPSA) is 60.7 Å². The van der Waals surface area contributed by atoms with Gasteiger partial charge in [0.05, 0.1) is 12.7 Å². The predicted octanol–water partition coefficient (Wildman–Crippen LogP) is 1.84. The summed E-state index contributed by atoms with van der Waals surface area (Å²) < 4.78 is 0. The maximum absolute atomic E-state index is 10.2. The van der Waals surface area contributed by atoms with E-state index in [1.165, 1.54) is 6.42 Å². The molecule has 1 saturated carbocycles. The lowest BCUT2D eigenvalue weighted by Gasteiger charge is -2.39. The molecule has 0 spiro atoms. The maximum Gasteiger partial charge on any atom is 0.0618 e. The summed E-state index contributed by atoms with van der Waals surface area (Å²) in [7, 11) is 0. The Kier molecular flexibility index (Phi) is 6.32. The lowest BCUT2D eigenvalue weighted by molar-refractivity contribution is -0.0473. The van der Waals surface area contributed by atoms with Crippen LogP contribution in [0.15, 0.2) is 0 Å². The van der Waals surface area contributed by atoms with Gasteiger partial charge in [-0.2, -0.15) is 0 Å². The van der Waals surface area contributed by atoms with Crippen LogP contribution < -0.4 is 0 Å². The molecule has 96 valence electrons. The second kappa shape index (κ2) is 7.25. The Morgan fingerprint density at radius 3 is 2.19 bits per heavy atom. The molecule has 3 N–H and O–H groups in total. The van der Waals surface area contributed by atoms with Gasteiger partial charge in [0.15, 0.2) is 0 Å². The first kappa shape index (κ1) is 13.9. The number of aliphatic hydroxyl groups is 3. The van der Waals surface area contributed by atoms with Crippen LogP contribution in [0.25, 0.3) is 0 Å². The minimum Gasteiger partial charge on any atom is -0.396 e. The lowest BCUT2D eigenvalue weighted by Crippen LogP contribution is -2.40. The van der Waals surface area contributed by atoms with Crippen molar-refractivity contribution in [1.29, 1.82) is 0 Å². The summed E-state index contributed by atoms with van der Waals surface area (Å²) in [5.41, 5.74) is -0.225. The van der Waals surface area contributed by atoms with Crippen LogP contribution in [0.4, 0.5) is 0 Å². The quantitative estimate of drug-likeness (QED) is 0.585. The largest absolute Gasteiger partial charge is 0.396 e. The van der Waals surface area contributed by atoms with Gasteiger partial charge >= 0.3 is 0 Å². The third kappa shape index (κ3) is 3.72. The SMILES string of the molecule is OCCCCCC(O)C1(CO)CCCCC1. The third-order valence-corrected chi connectivity index (χ3v) is 4.01. The van der Waals surface area contributed by atoms with Gasteiger partial charge in [0.1, 0.15) is 0 Å². The van der Waals surface area contributed by atoms with Crippen LogP contribution in [-0.4, -0.2) is 34.6 Å². The molecule has 0 saturated heterocycles. The van der Waals surface area contributed by atoms with E-state index in [2.05, 4.69) is 0 Å². The second-order valence-corrected chi connectivity index (χ2v) is 5.17. The zero-order valence-corrected chi connectivity index (χ0v) is 10.2. The van der Waals surface area contributed by atoms with Crippen molar-refractivity contribution in [3.05, 3.63) is 0 Å². The van der Waals surface area contributed by atoms with E-state index in [1.54, 1.807) is 0 Å². The first-order valence-corrected chi connectivity index (χ1v) is 6.65. The van der Waals surface area contributed by atoms with Crippen LogP contribution in [0.5, 0.6) is 0 Å². The number of rotatable bonds is 7. The number of hydrogen-bond donors (Lipinski definition) is 3. The van der Waals surface area contributed by atoms with Gasteiger partial charge in [-0.25, -0.2) is 0 Å². The van der Waals surface area contributed by atoms with Gasteiger partial charge in [0.2, 0.25) is 0 Å². The van der Waals surface area contributed by atoms with E-state index in [-0.39, 0.29) is 24.7 Å². The number of unbranched alkanes of at least 4 members (excludes halogenated alkanes) is 2. The smallest absolute Gasteiger partial charge is 0.0618 e. The fourth-order valence-corrected chi connectivity index (χ4v) is 2.79. The molecule has 1 unspecified atom stereocenters. The fraction of sp³-hybridized carbons (Fsp3) is 1.00. The molecule has 1 aliphatic carbocycles. The van der Waals surface area contributed by atoms with E-state index < -0.39 is 0 Å². The van der Waals surface area contributed by atoms with Gasteiger partial charge in [-0.05, 0) is 25.7 Å². The van der Waals surface area contributed by atoms with Crippen molar-refractivity contribution in [3.8, 4) is 0 Å². The minimum absolute atomic E-state index is 0.119. The van der Waals surface area contributed by atoms with Gasteiger partial charge < -0.3 is 15.3 Å². The molecular formula is C13H26O3. The Balaban J connectivity index is 2.33. The fourth-order valence-electron chi connectivity index (χ4n) is 2.79. The average Bonchev–Trinajstić information content (AvgIpc) is 2.35. The Morgan fingerprint density at radius 1 is 0.938 bits per heavy atom. The summed E-state index contributed by atoms with van der Waals surface area (Å²) in [5.74, 6) is 0. The first-order chi connectivity index (χ1) is 7.75. The highest BCUT2D eigenvalue weighted by molar-refractivity contribution is 4.88. The predicted molar refractivity (Wildman–Crippen MR) is 64.2 cm³/mol. The van der Waals surface area contributed by atoms with Crippen LogP contribution in [0.3, 0.4) is 0 Å². The summed E-state index contributed by atoms with van der Waals surface area (Å²) in [6.45, 7) is 0.357. The minimum atomic E-state index is -0.364. The van der Waals surface area contributed by atoms with Gasteiger partial charge in [-0.3, -0.25) is 0 Å². The molecule has 0 aromatic rings. The summed E-state index contributed by atoms with van der Waals surface area (Å²) in [6, 6.07) is 0. The molecular weight excluding hydrogens is 204 g/mol. The van der Waals surface area contributed by atoms with Crippen molar-refractivity contribution in [3.63, 3.8) is 0 Å². The summed E-state index contributed by atoms with van der Waals surface area (Å²) in [4.78, 5) is 0. The number of hydrogen-bond acceptors (Lipinski definition) is 3. The summed E-state index contributed by atoms with van der Waals surface area (Å²) in [6.07, 6.45) is 8.56. The highest BCUT2D eigenvalue weighted by Gasteiger charge is 2.37.